The highest BCUT2D eigenvalue weighted by atomic mass is 16.5. The Morgan fingerprint density at radius 2 is 1.91 bits per heavy atom. The summed E-state index contributed by atoms with van der Waals surface area (Å²) < 4.78 is 11.0. The summed E-state index contributed by atoms with van der Waals surface area (Å²) in [6.07, 6.45) is 2.44. The molecule has 1 heterocycles. The van der Waals surface area contributed by atoms with Crippen molar-refractivity contribution in [2.24, 2.45) is 4.99 Å². The van der Waals surface area contributed by atoms with Crippen LogP contribution in [0, 0.1) is 6.92 Å². The van der Waals surface area contributed by atoms with Crippen molar-refractivity contribution < 1.29 is 13.9 Å². The van der Waals surface area contributed by atoms with Crippen LogP contribution in [0.2, 0.25) is 0 Å². The molecule has 2 aromatic carbocycles. The Balaban J connectivity index is 1.55. The van der Waals surface area contributed by atoms with E-state index in [1.54, 1.807) is 19.2 Å². The highest BCUT2D eigenvalue weighted by Crippen LogP contribution is 2.20. The standard InChI is InChI=1S/C25H30N4O3/c1-4-12-31-23-14-18(2)10-11-20(23)17-28-25(26-3)27-16-19-7-5-8-21(15-19)29-24(30)22-9-6-13-32-22/h5-11,13-15H,4,12,16-17H2,1-3H3,(H,29,30)(H2,26,27,28). The molecule has 3 rings (SSSR count). The Morgan fingerprint density at radius 3 is 2.66 bits per heavy atom. The van der Waals surface area contributed by atoms with Gasteiger partial charge in [-0.1, -0.05) is 31.2 Å². The largest absolute Gasteiger partial charge is 0.493 e. The summed E-state index contributed by atoms with van der Waals surface area (Å²) in [6.45, 7) is 5.99. The lowest BCUT2D eigenvalue weighted by atomic mass is 10.1. The van der Waals surface area contributed by atoms with Gasteiger partial charge >= 0.3 is 0 Å². The van der Waals surface area contributed by atoms with E-state index in [2.05, 4.69) is 53.0 Å². The lowest BCUT2D eigenvalue weighted by Gasteiger charge is -2.15. The van der Waals surface area contributed by atoms with E-state index in [1.807, 2.05) is 24.3 Å². The Kier molecular flexibility index (Phi) is 8.31. The third-order valence-corrected chi connectivity index (χ3v) is 4.74. The topological polar surface area (TPSA) is 87.9 Å². The molecule has 0 bridgehead atoms. The molecular weight excluding hydrogens is 404 g/mol. The van der Waals surface area contributed by atoms with Gasteiger partial charge in [-0.25, -0.2) is 0 Å². The Morgan fingerprint density at radius 1 is 1.06 bits per heavy atom. The molecule has 0 unspecified atom stereocenters. The summed E-state index contributed by atoms with van der Waals surface area (Å²) in [7, 11) is 1.74. The van der Waals surface area contributed by atoms with E-state index in [0.717, 1.165) is 23.3 Å². The second kappa shape index (κ2) is 11.6. The molecular formula is C25H30N4O3. The molecule has 0 spiro atoms. The van der Waals surface area contributed by atoms with E-state index in [4.69, 9.17) is 9.15 Å². The number of carbonyl (C=O) groups excluding carboxylic acids is 1. The van der Waals surface area contributed by atoms with E-state index in [9.17, 15) is 4.79 Å². The fraction of sp³-hybridized carbons (Fsp3) is 0.280. The monoisotopic (exact) mass is 434 g/mol. The number of furan rings is 1. The molecule has 168 valence electrons. The molecule has 1 amide bonds. The van der Waals surface area contributed by atoms with Crippen LogP contribution in [0.1, 0.15) is 40.6 Å². The van der Waals surface area contributed by atoms with Gasteiger partial charge in [0.1, 0.15) is 5.75 Å². The fourth-order valence-electron chi connectivity index (χ4n) is 3.10. The average molecular weight is 435 g/mol. The van der Waals surface area contributed by atoms with Crippen LogP contribution in [0.5, 0.6) is 5.75 Å². The van der Waals surface area contributed by atoms with Gasteiger partial charge < -0.3 is 25.1 Å². The van der Waals surface area contributed by atoms with Gasteiger partial charge in [-0.05, 0) is 54.8 Å². The lowest BCUT2D eigenvalue weighted by Crippen LogP contribution is -2.36. The van der Waals surface area contributed by atoms with Crippen molar-refractivity contribution in [3.05, 3.63) is 83.3 Å². The van der Waals surface area contributed by atoms with Gasteiger partial charge in [0, 0.05) is 31.4 Å². The number of carbonyl (C=O) groups is 1. The van der Waals surface area contributed by atoms with Gasteiger partial charge in [-0.3, -0.25) is 9.79 Å². The minimum absolute atomic E-state index is 0.275. The van der Waals surface area contributed by atoms with Crippen molar-refractivity contribution in [3.8, 4) is 5.75 Å². The zero-order valence-electron chi connectivity index (χ0n) is 18.8. The highest BCUT2D eigenvalue weighted by Gasteiger charge is 2.09. The van der Waals surface area contributed by atoms with Crippen molar-refractivity contribution >= 4 is 17.6 Å². The van der Waals surface area contributed by atoms with Crippen molar-refractivity contribution in [3.63, 3.8) is 0 Å². The summed E-state index contributed by atoms with van der Waals surface area (Å²) in [4.78, 5) is 16.5. The van der Waals surface area contributed by atoms with Gasteiger partial charge in [0.25, 0.3) is 5.91 Å². The molecule has 0 aliphatic rings. The van der Waals surface area contributed by atoms with Crippen LogP contribution >= 0.6 is 0 Å². The van der Waals surface area contributed by atoms with E-state index >= 15 is 0 Å². The van der Waals surface area contributed by atoms with Gasteiger partial charge in [0.05, 0.1) is 12.9 Å². The van der Waals surface area contributed by atoms with E-state index in [0.29, 0.717) is 31.3 Å². The van der Waals surface area contributed by atoms with Crippen LogP contribution in [0.15, 0.2) is 70.3 Å². The lowest BCUT2D eigenvalue weighted by molar-refractivity contribution is 0.0996. The number of hydrogen-bond acceptors (Lipinski definition) is 4. The molecule has 0 fully saturated rings. The smallest absolute Gasteiger partial charge is 0.291 e. The van der Waals surface area contributed by atoms with Crippen LogP contribution in [0.25, 0.3) is 0 Å². The van der Waals surface area contributed by atoms with E-state index in [1.165, 1.54) is 11.8 Å². The molecule has 0 radical (unpaired) electrons. The third-order valence-electron chi connectivity index (χ3n) is 4.74. The number of benzene rings is 2. The normalized spacial score (nSPS) is 11.2. The average Bonchev–Trinajstić information content (AvgIpc) is 3.34. The van der Waals surface area contributed by atoms with Gasteiger partial charge in [0.2, 0.25) is 0 Å². The minimum atomic E-state index is -0.281. The molecule has 1 aromatic heterocycles. The van der Waals surface area contributed by atoms with E-state index < -0.39 is 0 Å². The zero-order chi connectivity index (χ0) is 22.8. The predicted octanol–water partition coefficient (Wildman–Crippen LogP) is 4.49. The maximum atomic E-state index is 12.2. The van der Waals surface area contributed by atoms with Gasteiger partial charge in [-0.2, -0.15) is 0 Å². The second-order valence-electron chi connectivity index (χ2n) is 7.37. The van der Waals surface area contributed by atoms with Crippen molar-refractivity contribution in [1.29, 1.82) is 0 Å². The summed E-state index contributed by atoms with van der Waals surface area (Å²) in [5.41, 5.74) is 3.95. The number of guanidine groups is 1. The van der Waals surface area contributed by atoms with Crippen molar-refractivity contribution in [1.82, 2.24) is 10.6 Å². The number of ether oxygens (including phenoxy) is 1. The number of aryl methyl sites for hydroxylation is 1. The number of rotatable bonds is 9. The number of aliphatic imine (C=N–C) groups is 1. The van der Waals surface area contributed by atoms with Crippen molar-refractivity contribution in [2.75, 3.05) is 19.0 Å². The number of amides is 1. The van der Waals surface area contributed by atoms with Crippen LogP contribution in [-0.4, -0.2) is 25.5 Å². The van der Waals surface area contributed by atoms with Gasteiger partial charge in [-0.15, -0.1) is 0 Å². The number of anilines is 1. The second-order valence-corrected chi connectivity index (χ2v) is 7.37. The van der Waals surface area contributed by atoms with Crippen LogP contribution in [0.3, 0.4) is 0 Å². The molecule has 3 N–H and O–H groups in total. The summed E-state index contributed by atoms with van der Waals surface area (Å²) >= 11 is 0. The number of nitrogens with one attached hydrogen (secondary N) is 3. The molecule has 7 heteroatoms. The maximum absolute atomic E-state index is 12.2. The first-order valence-corrected chi connectivity index (χ1v) is 10.7. The minimum Gasteiger partial charge on any atom is -0.493 e. The maximum Gasteiger partial charge on any atom is 0.291 e. The number of nitrogens with zero attached hydrogens (tertiary/aromatic N) is 1. The first kappa shape index (κ1) is 22.9. The molecule has 0 atom stereocenters. The zero-order valence-corrected chi connectivity index (χ0v) is 18.8. The van der Waals surface area contributed by atoms with Crippen molar-refractivity contribution in [2.45, 2.75) is 33.4 Å². The fourth-order valence-corrected chi connectivity index (χ4v) is 3.10. The Labute approximate surface area is 188 Å². The molecule has 32 heavy (non-hydrogen) atoms. The molecule has 3 aromatic rings. The highest BCUT2D eigenvalue weighted by molar-refractivity contribution is 6.02. The van der Waals surface area contributed by atoms with Gasteiger partial charge in [0.15, 0.2) is 11.7 Å². The third kappa shape index (κ3) is 6.63. The first-order chi connectivity index (χ1) is 15.6. The van der Waals surface area contributed by atoms with Crippen LogP contribution < -0.4 is 20.7 Å². The van der Waals surface area contributed by atoms with Crippen LogP contribution in [-0.2, 0) is 13.1 Å². The molecule has 7 nitrogen and oxygen atoms in total. The summed E-state index contributed by atoms with van der Waals surface area (Å²) in [6, 6.07) is 17.2. The Bertz CT molecular complexity index is 1050. The molecule has 0 saturated carbocycles. The quantitative estimate of drug-likeness (QED) is 0.341. The molecule has 0 saturated heterocycles. The molecule has 0 aliphatic carbocycles. The van der Waals surface area contributed by atoms with Crippen LogP contribution in [0.4, 0.5) is 5.69 Å². The summed E-state index contributed by atoms with van der Waals surface area (Å²) in [5, 5.41) is 9.48. The molecule has 0 aliphatic heterocycles. The first-order valence-electron chi connectivity index (χ1n) is 10.7. The van der Waals surface area contributed by atoms with E-state index in [-0.39, 0.29) is 11.7 Å². The SMILES string of the molecule is CCCOc1cc(C)ccc1CNC(=NC)NCc1cccc(NC(=O)c2ccco2)c1. The Hall–Kier alpha value is -3.74. The summed E-state index contributed by atoms with van der Waals surface area (Å²) in [5.74, 6) is 1.57. The predicted molar refractivity (Wildman–Crippen MR) is 127 cm³/mol. The number of hydrogen-bond donors (Lipinski definition) is 3.